The van der Waals surface area contributed by atoms with E-state index in [1.165, 1.54) is 83.5 Å². The van der Waals surface area contributed by atoms with E-state index in [1.807, 2.05) is 12.2 Å². The summed E-state index contributed by atoms with van der Waals surface area (Å²) in [5, 5.41) is 20.6. The molecule has 0 unspecified atom stereocenters. The van der Waals surface area contributed by atoms with E-state index in [4.69, 9.17) is 19.3 Å². The Morgan fingerprint density at radius 3 is 1.84 bits per heavy atom. The van der Waals surface area contributed by atoms with Gasteiger partial charge < -0.3 is 29.5 Å². The van der Waals surface area contributed by atoms with E-state index < -0.39 is 44.7 Å². The maximum Gasteiger partial charge on any atom is 0.469 e. The van der Waals surface area contributed by atoms with Gasteiger partial charge >= 0.3 is 19.8 Å². The molecule has 0 aromatic carbocycles. The molecule has 0 aliphatic heterocycles. The van der Waals surface area contributed by atoms with Gasteiger partial charge in [0.2, 0.25) is 0 Å². The molecule has 0 amide bonds. The van der Waals surface area contributed by atoms with Crippen molar-refractivity contribution in [3.05, 3.63) is 24.3 Å². The molecule has 0 aromatic heterocycles. The summed E-state index contributed by atoms with van der Waals surface area (Å²) >= 11 is 0. The Labute approximate surface area is 332 Å². The van der Waals surface area contributed by atoms with Crippen LogP contribution >= 0.6 is 7.82 Å². The molecule has 1 saturated carbocycles. The number of phosphoric acid groups is 1. The van der Waals surface area contributed by atoms with Crippen molar-refractivity contribution in [2.24, 2.45) is 11.8 Å². The number of Topliss-reactive ketones (excluding diaryl/α,β-unsaturated/α-hetero) is 1. The van der Waals surface area contributed by atoms with Crippen molar-refractivity contribution in [1.82, 2.24) is 0 Å². The number of ether oxygens (including phenoxy) is 2. The second kappa shape index (κ2) is 33.1. The van der Waals surface area contributed by atoms with Crippen LogP contribution in [0.15, 0.2) is 24.3 Å². The van der Waals surface area contributed by atoms with Crippen LogP contribution in [0.3, 0.4) is 0 Å². The maximum absolute atomic E-state index is 12.5. The molecule has 5 atom stereocenters. The zero-order chi connectivity index (χ0) is 40.6. The average molecular weight is 801 g/mol. The van der Waals surface area contributed by atoms with Crippen molar-refractivity contribution in [3.8, 4) is 0 Å². The smallest absolute Gasteiger partial charge is 0.462 e. The predicted molar refractivity (Wildman–Crippen MR) is 217 cm³/mol. The van der Waals surface area contributed by atoms with E-state index in [0.717, 1.165) is 38.5 Å². The average Bonchev–Trinajstić information content (AvgIpc) is 3.41. The number of rotatable bonds is 36. The first-order valence-corrected chi connectivity index (χ1v) is 23.3. The molecule has 1 rings (SSSR count). The minimum atomic E-state index is -4.83. The van der Waals surface area contributed by atoms with E-state index in [2.05, 4.69) is 18.4 Å². The van der Waals surface area contributed by atoms with Gasteiger partial charge in [0, 0.05) is 31.1 Å². The van der Waals surface area contributed by atoms with Crippen molar-refractivity contribution >= 4 is 25.5 Å². The molecule has 55 heavy (non-hydrogen) atoms. The molecular weight excluding hydrogens is 723 g/mol. The maximum atomic E-state index is 12.5. The van der Waals surface area contributed by atoms with Gasteiger partial charge in [0.15, 0.2) is 6.10 Å². The molecule has 4 N–H and O–H groups in total. The van der Waals surface area contributed by atoms with Crippen LogP contribution < -0.4 is 0 Å². The standard InChI is InChI=1S/C43H77O11P/c1-3-5-7-8-9-10-11-12-13-14-15-16-17-18-19-20-25-29-42(47)52-34-37(35-53-55(49,50)51)54-43(48)30-26-22-21-24-28-38-39(41(46)33-40(38)45)32-31-36(44)27-23-6-4-2/h21,24,31-32,36-39,41,44,46H,3-20,22-23,25-30,33-35H2,1-2H3,(H2,49,50,51)/b24-21-,32-31+/t36-,37+,38+,39+,41+/m0/s1. The van der Waals surface area contributed by atoms with E-state index in [9.17, 15) is 29.2 Å². The van der Waals surface area contributed by atoms with Crippen molar-refractivity contribution < 1.29 is 52.9 Å². The Balaban J connectivity index is 2.26. The SMILES string of the molecule is CCCCCCCCCCCCCCCCCCCC(=O)OC[C@H](COP(=O)(O)O)OC(=O)CCC/C=C\C[C@H]1C(=O)C[C@@H](O)[C@@H]1/C=C/[C@@H](O)CCCCC. The molecule has 1 fully saturated rings. The van der Waals surface area contributed by atoms with Crippen LogP contribution in [0.5, 0.6) is 0 Å². The zero-order valence-corrected chi connectivity index (χ0v) is 35.2. The fourth-order valence-electron chi connectivity index (χ4n) is 7.00. The van der Waals surface area contributed by atoms with Gasteiger partial charge in [0.25, 0.3) is 0 Å². The first kappa shape index (κ1) is 51.1. The van der Waals surface area contributed by atoms with E-state index in [0.29, 0.717) is 32.1 Å². The van der Waals surface area contributed by atoms with Crippen LogP contribution in [0.2, 0.25) is 0 Å². The fraction of sp³-hybridized carbons (Fsp3) is 0.837. The molecule has 11 nitrogen and oxygen atoms in total. The first-order chi connectivity index (χ1) is 26.5. The quantitative estimate of drug-likeness (QED) is 0.0205. The normalized spacial score (nSPS) is 18.7. The predicted octanol–water partition coefficient (Wildman–Crippen LogP) is 9.77. The second-order valence-corrected chi connectivity index (χ2v) is 16.7. The zero-order valence-electron chi connectivity index (χ0n) is 34.3. The number of carbonyl (C=O) groups is 3. The molecule has 0 heterocycles. The summed E-state index contributed by atoms with van der Waals surface area (Å²) in [7, 11) is -4.83. The highest BCUT2D eigenvalue weighted by atomic mass is 31.2. The van der Waals surface area contributed by atoms with Gasteiger partial charge in [0.1, 0.15) is 12.4 Å². The van der Waals surface area contributed by atoms with Crippen LogP contribution in [0.1, 0.15) is 187 Å². The van der Waals surface area contributed by atoms with Crippen molar-refractivity contribution in [2.45, 2.75) is 206 Å². The third kappa shape index (κ3) is 29.1. The first-order valence-electron chi connectivity index (χ1n) is 21.7. The molecular formula is C43H77O11P. The molecule has 0 aromatic rings. The Bertz CT molecular complexity index is 1100. The lowest BCUT2D eigenvalue weighted by molar-refractivity contribution is -0.161. The van der Waals surface area contributed by atoms with Gasteiger partial charge in [-0.1, -0.05) is 160 Å². The summed E-state index contributed by atoms with van der Waals surface area (Å²) in [6.45, 7) is 3.37. The summed E-state index contributed by atoms with van der Waals surface area (Å²) < 4.78 is 26.4. The van der Waals surface area contributed by atoms with Gasteiger partial charge in [-0.3, -0.25) is 18.9 Å². The number of ketones is 1. The molecule has 0 saturated heterocycles. The lowest BCUT2D eigenvalue weighted by Gasteiger charge is -2.18. The molecule has 1 aliphatic rings. The van der Waals surface area contributed by atoms with Crippen LogP contribution in [0.4, 0.5) is 0 Å². The minimum Gasteiger partial charge on any atom is -0.462 e. The van der Waals surface area contributed by atoms with Crippen molar-refractivity contribution in [2.75, 3.05) is 13.2 Å². The molecule has 0 radical (unpaired) electrons. The van der Waals surface area contributed by atoms with Crippen LogP contribution in [-0.2, 0) is 32.9 Å². The molecule has 1 aliphatic carbocycles. The summed E-state index contributed by atoms with van der Waals surface area (Å²) in [4.78, 5) is 55.6. The van der Waals surface area contributed by atoms with E-state index in [-0.39, 0.29) is 43.5 Å². The fourth-order valence-corrected chi connectivity index (χ4v) is 7.36. The third-order valence-corrected chi connectivity index (χ3v) is 10.8. The number of unbranched alkanes of at least 4 members (excludes halogenated alkanes) is 19. The van der Waals surface area contributed by atoms with E-state index in [1.54, 1.807) is 12.2 Å². The number of aliphatic hydroxyl groups excluding tert-OH is 2. The summed E-state index contributed by atoms with van der Waals surface area (Å²) in [5.74, 6) is -1.82. The number of carbonyl (C=O) groups excluding carboxylic acids is 3. The molecule has 0 spiro atoms. The van der Waals surface area contributed by atoms with E-state index >= 15 is 0 Å². The number of phosphoric ester groups is 1. The van der Waals surface area contributed by atoms with Crippen LogP contribution in [-0.4, -0.2) is 69.2 Å². The van der Waals surface area contributed by atoms with Crippen LogP contribution in [0.25, 0.3) is 0 Å². The summed E-state index contributed by atoms with van der Waals surface area (Å²) in [6.07, 6.45) is 31.2. The number of aliphatic hydroxyl groups is 2. The van der Waals surface area contributed by atoms with Crippen molar-refractivity contribution in [1.29, 1.82) is 0 Å². The largest absolute Gasteiger partial charge is 0.469 e. The topological polar surface area (TPSA) is 177 Å². The highest BCUT2D eigenvalue weighted by molar-refractivity contribution is 7.46. The summed E-state index contributed by atoms with van der Waals surface area (Å²) in [5.41, 5.74) is 0. The Hall–Kier alpha value is -1.88. The molecule has 0 bridgehead atoms. The highest BCUT2D eigenvalue weighted by Gasteiger charge is 2.39. The van der Waals surface area contributed by atoms with Gasteiger partial charge in [-0.15, -0.1) is 0 Å². The third-order valence-electron chi connectivity index (χ3n) is 10.3. The number of allylic oxidation sites excluding steroid dienone is 2. The number of esters is 2. The lowest BCUT2D eigenvalue weighted by atomic mass is 9.90. The molecule has 320 valence electrons. The summed E-state index contributed by atoms with van der Waals surface area (Å²) in [6, 6.07) is 0. The van der Waals surface area contributed by atoms with Crippen molar-refractivity contribution in [3.63, 3.8) is 0 Å². The minimum absolute atomic E-state index is 0.0136. The number of hydrogen-bond acceptors (Lipinski definition) is 9. The van der Waals surface area contributed by atoms with Gasteiger partial charge in [-0.05, 0) is 32.1 Å². The lowest BCUT2D eigenvalue weighted by Crippen LogP contribution is -2.29. The Morgan fingerprint density at radius 2 is 1.27 bits per heavy atom. The Kier molecular flexibility index (Phi) is 30.8. The highest BCUT2D eigenvalue weighted by Crippen LogP contribution is 2.36. The number of hydrogen-bond donors (Lipinski definition) is 4. The van der Waals surface area contributed by atoms with Gasteiger partial charge in [-0.25, -0.2) is 4.57 Å². The second-order valence-electron chi connectivity index (χ2n) is 15.5. The van der Waals surface area contributed by atoms with Crippen LogP contribution in [0, 0.1) is 11.8 Å². The van der Waals surface area contributed by atoms with Gasteiger partial charge in [0.05, 0.1) is 18.8 Å². The Morgan fingerprint density at radius 1 is 0.745 bits per heavy atom. The monoisotopic (exact) mass is 801 g/mol. The van der Waals surface area contributed by atoms with Gasteiger partial charge in [-0.2, -0.15) is 0 Å². The molecule has 12 heteroatoms.